The smallest absolute Gasteiger partial charge is 0.144 e. The van der Waals surface area contributed by atoms with E-state index in [1.165, 1.54) is 5.56 Å². The van der Waals surface area contributed by atoms with E-state index in [-0.39, 0.29) is 0 Å². The van der Waals surface area contributed by atoms with Crippen molar-refractivity contribution in [3.63, 3.8) is 0 Å². The van der Waals surface area contributed by atoms with Gasteiger partial charge in [-0.1, -0.05) is 30.3 Å². The van der Waals surface area contributed by atoms with Crippen LogP contribution in [-0.4, -0.2) is 17.2 Å². The van der Waals surface area contributed by atoms with Gasteiger partial charge in [0.15, 0.2) is 0 Å². The van der Waals surface area contributed by atoms with Crippen LogP contribution < -0.4 is 0 Å². The maximum absolute atomic E-state index is 9.07. The highest BCUT2D eigenvalue weighted by molar-refractivity contribution is 6.11. The Morgan fingerprint density at radius 2 is 2.00 bits per heavy atom. The summed E-state index contributed by atoms with van der Waals surface area (Å²) in [5.74, 6) is 0. The third-order valence-electron chi connectivity index (χ3n) is 2.55. The summed E-state index contributed by atoms with van der Waals surface area (Å²) in [6, 6.07) is 15.9. The van der Waals surface area contributed by atoms with Gasteiger partial charge < -0.3 is 0 Å². The van der Waals surface area contributed by atoms with E-state index in [0.29, 0.717) is 12.3 Å². The number of aromatic nitrogens is 1. The molecule has 1 heterocycles. The quantitative estimate of drug-likeness (QED) is 0.765. The lowest BCUT2D eigenvalue weighted by Gasteiger charge is -1.99. The summed E-state index contributed by atoms with van der Waals surface area (Å²) in [6.07, 6.45) is 4.18. The molecule has 0 unspecified atom stereocenters. The fraction of sp³-hybridized carbons (Fsp3) is 0.133. The Hall–Kier alpha value is -2.47. The second-order valence-electron chi connectivity index (χ2n) is 3.82. The molecular formula is C15H13N3. The minimum Gasteiger partial charge on any atom is -0.273 e. The van der Waals surface area contributed by atoms with E-state index in [2.05, 4.69) is 28.2 Å². The van der Waals surface area contributed by atoms with E-state index in [0.717, 1.165) is 12.0 Å². The standard InChI is InChI=1S/C15H13N3/c16-11-15(14-7-4-9-17-12-14)18-10-8-13-5-2-1-3-6-13/h1-7,9,12H,8,10H2. The molecule has 3 nitrogen and oxygen atoms in total. The van der Waals surface area contributed by atoms with Gasteiger partial charge in [-0.2, -0.15) is 5.26 Å². The van der Waals surface area contributed by atoms with Crippen molar-refractivity contribution >= 4 is 5.71 Å². The van der Waals surface area contributed by atoms with Gasteiger partial charge in [0.25, 0.3) is 0 Å². The third-order valence-corrected chi connectivity index (χ3v) is 2.55. The highest BCUT2D eigenvalue weighted by Crippen LogP contribution is 2.02. The number of nitrogens with zero attached hydrogens (tertiary/aromatic N) is 3. The third kappa shape index (κ3) is 3.26. The zero-order valence-corrected chi connectivity index (χ0v) is 9.95. The molecule has 0 fully saturated rings. The SMILES string of the molecule is N#CC(=NCCc1ccccc1)c1cccnc1. The number of rotatable bonds is 4. The van der Waals surface area contributed by atoms with Gasteiger partial charge in [0.2, 0.25) is 0 Å². The molecule has 0 aliphatic carbocycles. The Balaban J connectivity index is 2.02. The normalized spacial score (nSPS) is 10.9. The second-order valence-corrected chi connectivity index (χ2v) is 3.82. The lowest BCUT2D eigenvalue weighted by atomic mass is 10.1. The Kier molecular flexibility index (Phi) is 4.21. The lowest BCUT2D eigenvalue weighted by molar-refractivity contribution is 0.970. The molecule has 0 atom stereocenters. The summed E-state index contributed by atoms with van der Waals surface area (Å²) in [4.78, 5) is 8.31. The minimum absolute atomic E-state index is 0.444. The van der Waals surface area contributed by atoms with Gasteiger partial charge in [-0.25, -0.2) is 0 Å². The molecule has 2 aromatic rings. The summed E-state index contributed by atoms with van der Waals surface area (Å²) in [7, 11) is 0. The van der Waals surface area contributed by atoms with E-state index in [4.69, 9.17) is 5.26 Å². The molecular weight excluding hydrogens is 222 g/mol. The van der Waals surface area contributed by atoms with Crippen LogP contribution in [0.5, 0.6) is 0 Å². The first-order valence-corrected chi connectivity index (χ1v) is 5.79. The van der Waals surface area contributed by atoms with E-state index in [1.54, 1.807) is 18.5 Å². The highest BCUT2D eigenvalue weighted by atomic mass is 14.7. The zero-order chi connectivity index (χ0) is 12.6. The van der Waals surface area contributed by atoms with Crippen LogP contribution in [0.25, 0.3) is 0 Å². The number of pyridine rings is 1. The van der Waals surface area contributed by atoms with Crippen LogP contribution >= 0.6 is 0 Å². The van der Waals surface area contributed by atoms with Crippen LogP contribution in [0.2, 0.25) is 0 Å². The van der Waals surface area contributed by atoms with Crippen molar-refractivity contribution in [2.24, 2.45) is 4.99 Å². The first kappa shape index (κ1) is 12.0. The summed E-state index contributed by atoms with van der Waals surface area (Å²) in [5.41, 5.74) is 2.44. The molecule has 0 amide bonds. The molecule has 0 spiro atoms. The van der Waals surface area contributed by atoms with Gasteiger partial charge in [-0.15, -0.1) is 0 Å². The fourth-order valence-electron chi connectivity index (χ4n) is 1.64. The maximum atomic E-state index is 9.07. The van der Waals surface area contributed by atoms with Crippen LogP contribution in [0, 0.1) is 11.3 Å². The van der Waals surface area contributed by atoms with Crippen molar-refractivity contribution < 1.29 is 0 Å². The van der Waals surface area contributed by atoms with Gasteiger partial charge in [-0.3, -0.25) is 9.98 Å². The number of hydrogen-bond acceptors (Lipinski definition) is 3. The molecule has 88 valence electrons. The van der Waals surface area contributed by atoms with Gasteiger partial charge in [0.05, 0.1) is 0 Å². The molecule has 0 N–H and O–H groups in total. The predicted octanol–water partition coefficient (Wildman–Crippen LogP) is 2.64. The lowest BCUT2D eigenvalue weighted by Crippen LogP contribution is -2.00. The van der Waals surface area contributed by atoms with E-state index >= 15 is 0 Å². The zero-order valence-electron chi connectivity index (χ0n) is 9.95. The number of nitriles is 1. The van der Waals surface area contributed by atoms with Crippen LogP contribution in [0.4, 0.5) is 0 Å². The minimum atomic E-state index is 0.444. The molecule has 0 saturated carbocycles. The van der Waals surface area contributed by atoms with E-state index < -0.39 is 0 Å². The number of benzene rings is 1. The summed E-state index contributed by atoms with van der Waals surface area (Å²) >= 11 is 0. The number of aliphatic imine (C=N–C) groups is 1. The molecule has 3 heteroatoms. The van der Waals surface area contributed by atoms with Gasteiger partial charge >= 0.3 is 0 Å². The number of hydrogen-bond donors (Lipinski definition) is 0. The fourth-order valence-corrected chi connectivity index (χ4v) is 1.64. The predicted molar refractivity (Wildman–Crippen MR) is 71.4 cm³/mol. The molecule has 0 radical (unpaired) electrons. The highest BCUT2D eigenvalue weighted by Gasteiger charge is 2.01. The van der Waals surface area contributed by atoms with Crippen molar-refractivity contribution in [3.05, 3.63) is 66.0 Å². The second kappa shape index (κ2) is 6.31. The van der Waals surface area contributed by atoms with Crippen LogP contribution in [0.15, 0.2) is 59.9 Å². The summed E-state index contributed by atoms with van der Waals surface area (Å²) in [6.45, 7) is 0.613. The molecule has 0 aliphatic heterocycles. The summed E-state index contributed by atoms with van der Waals surface area (Å²) < 4.78 is 0. The molecule has 0 bridgehead atoms. The van der Waals surface area contributed by atoms with Gasteiger partial charge in [0.1, 0.15) is 11.8 Å². The molecule has 1 aromatic carbocycles. The van der Waals surface area contributed by atoms with Crippen LogP contribution in [0.1, 0.15) is 11.1 Å². The Bertz CT molecular complexity index is 553. The van der Waals surface area contributed by atoms with E-state index in [9.17, 15) is 0 Å². The molecule has 18 heavy (non-hydrogen) atoms. The van der Waals surface area contributed by atoms with Crippen molar-refractivity contribution in [2.45, 2.75) is 6.42 Å². The largest absolute Gasteiger partial charge is 0.273 e. The summed E-state index contributed by atoms with van der Waals surface area (Å²) in [5, 5.41) is 9.07. The monoisotopic (exact) mass is 235 g/mol. The Morgan fingerprint density at radius 1 is 1.17 bits per heavy atom. The average Bonchev–Trinajstić information content (AvgIpc) is 2.46. The van der Waals surface area contributed by atoms with Gasteiger partial charge in [-0.05, 0) is 24.1 Å². The molecule has 1 aromatic heterocycles. The first-order valence-electron chi connectivity index (χ1n) is 5.79. The van der Waals surface area contributed by atoms with Crippen molar-refractivity contribution in [1.29, 1.82) is 5.26 Å². The average molecular weight is 235 g/mol. The topological polar surface area (TPSA) is 49.0 Å². The first-order chi connectivity index (χ1) is 8.90. The van der Waals surface area contributed by atoms with Crippen molar-refractivity contribution in [2.75, 3.05) is 6.54 Å². The van der Waals surface area contributed by atoms with E-state index in [1.807, 2.05) is 24.3 Å². The molecule has 0 saturated heterocycles. The Labute approximate surface area is 106 Å². The Morgan fingerprint density at radius 3 is 2.67 bits per heavy atom. The maximum Gasteiger partial charge on any atom is 0.144 e. The van der Waals surface area contributed by atoms with Crippen molar-refractivity contribution in [3.8, 4) is 6.07 Å². The van der Waals surface area contributed by atoms with Crippen molar-refractivity contribution in [1.82, 2.24) is 4.98 Å². The van der Waals surface area contributed by atoms with Crippen LogP contribution in [-0.2, 0) is 6.42 Å². The van der Waals surface area contributed by atoms with Crippen LogP contribution in [0.3, 0.4) is 0 Å². The molecule has 0 aliphatic rings. The van der Waals surface area contributed by atoms with Gasteiger partial charge in [0, 0.05) is 24.5 Å². The molecule has 2 rings (SSSR count).